The van der Waals surface area contributed by atoms with Crippen molar-refractivity contribution < 1.29 is 0 Å². The van der Waals surface area contributed by atoms with Crippen molar-refractivity contribution >= 4 is 0 Å². The van der Waals surface area contributed by atoms with Crippen molar-refractivity contribution in [3.05, 3.63) is 215 Å². The molecule has 246 valence electrons. The Hall–Kier alpha value is -4.76. The molecule has 0 atom stereocenters. The summed E-state index contributed by atoms with van der Waals surface area (Å²) in [7, 11) is 0. The van der Waals surface area contributed by atoms with E-state index in [1.54, 1.807) is 0 Å². The summed E-state index contributed by atoms with van der Waals surface area (Å²) in [6.07, 6.45) is 6.43. The van der Waals surface area contributed by atoms with Gasteiger partial charge >= 0.3 is 0 Å². The first-order chi connectivity index (χ1) is 24.3. The summed E-state index contributed by atoms with van der Waals surface area (Å²) >= 11 is 0. The molecule has 0 aliphatic carbocycles. The van der Waals surface area contributed by atoms with Gasteiger partial charge in [0, 0.05) is 0 Å². The predicted molar refractivity (Wildman–Crippen MR) is 205 cm³/mol. The smallest absolute Gasteiger partial charge is 0.0972 e. The summed E-state index contributed by atoms with van der Waals surface area (Å²) in [5, 5.41) is 0. The maximum atomic E-state index is 2.69. The largest absolute Gasteiger partial charge is 0.286 e. The minimum atomic E-state index is -0.218. The number of hydrogen-bond donors (Lipinski definition) is 0. The topological polar surface area (TPSA) is 6.48 Å². The Morgan fingerprint density at radius 2 is 0.429 bits per heavy atom. The zero-order valence-corrected chi connectivity index (χ0v) is 28.6. The summed E-state index contributed by atoms with van der Waals surface area (Å²) in [5.74, 6) is 0. The fourth-order valence-electron chi connectivity index (χ4n) is 8.45. The molecule has 0 aromatic heterocycles. The fourth-order valence-corrected chi connectivity index (χ4v) is 8.45. The van der Waals surface area contributed by atoms with Gasteiger partial charge in [-0.15, -0.1) is 0 Å². The van der Waals surface area contributed by atoms with Gasteiger partial charge in [-0.2, -0.15) is 0 Å². The fraction of sp³-hybridized carbons (Fsp3) is 0.234. The summed E-state index contributed by atoms with van der Waals surface area (Å²) < 4.78 is 0. The van der Waals surface area contributed by atoms with Crippen LogP contribution in [-0.2, 0) is 11.1 Å². The summed E-state index contributed by atoms with van der Waals surface area (Å²) in [6.45, 7) is 4.55. The lowest BCUT2D eigenvalue weighted by atomic mass is 9.75. The molecule has 2 heteroatoms. The van der Waals surface area contributed by atoms with Gasteiger partial charge in [0.05, 0.1) is 11.1 Å². The second kappa shape index (κ2) is 15.6. The Balaban J connectivity index is 0.000000154. The van der Waals surface area contributed by atoms with Crippen LogP contribution < -0.4 is 0 Å². The molecule has 0 amide bonds. The van der Waals surface area contributed by atoms with Crippen LogP contribution >= 0.6 is 0 Å². The highest BCUT2D eigenvalue weighted by Gasteiger charge is 2.43. The molecule has 0 saturated carbocycles. The summed E-state index contributed by atoms with van der Waals surface area (Å²) in [6, 6.07) is 66.0. The zero-order valence-electron chi connectivity index (χ0n) is 28.6. The Morgan fingerprint density at radius 1 is 0.245 bits per heavy atom. The standard InChI is InChI=1S/C24H25N.C23H23N/c1-5-13-21(14-6-1)24(22-15-7-2-8-16-22,23-17-9-3-10-18-23)25-19-11-4-12-20-25;1-4-12-20(13-5-1)23(24-18-10-11-19-24,21-14-6-2-7-15-21)22-16-8-3-9-17-22/h1-3,5-10,13-18H,4,11-12,19-20H2;1-9,12-17H,10-11,18-19H2. The Bertz CT molecular complexity index is 1620. The van der Waals surface area contributed by atoms with Crippen molar-refractivity contribution in [2.45, 2.75) is 43.2 Å². The van der Waals surface area contributed by atoms with Crippen LogP contribution in [0.2, 0.25) is 0 Å². The van der Waals surface area contributed by atoms with E-state index in [9.17, 15) is 0 Å². The highest BCUT2D eigenvalue weighted by atomic mass is 15.2. The van der Waals surface area contributed by atoms with E-state index in [4.69, 9.17) is 0 Å². The lowest BCUT2D eigenvalue weighted by Crippen LogP contribution is -2.50. The minimum absolute atomic E-state index is 0.208. The predicted octanol–water partition coefficient (Wildman–Crippen LogP) is 10.5. The first kappa shape index (κ1) is 32.8. The van der Waals surface area contributed by atoms with E-state index in [2.05, 4.69) is 192 Å². The van der Waals surface area contributed by atoms with Gasteiger partial charge in [0.1, 0.15) is 0 Å². The van der Waals surface area contributed by atoms with Gasteiger partial charge in [0.15, 0.2) is 0 Å². The molecule has 2 aliphatic heterocycles. The molecule has 2 fully saturated rings. The number of piperidine rings is 1. The molecule has 2 aliphatic rings. The number of benzene rings is 6. The molecule has 0 radical (unpaired) electrons. The average Bonchev–Trinajstić information content (AvgIpc) is 3.74. The van der Waals surface area contributed by atoms with Crippen LogP contribution in [-0.4, -0.2) is 36.0 Å². The van der Waals surface area contributed by atoms with Crippen LogP contribution in [0.15, 0.2) is 182 Å². The first-order valence-corrected chi connectivity index (χ1v) is 18.2. The van der Waals surface area contributed by atoms with Crippen molar-refractivity contribution in [3.8, 4) is 0 Å². The third-order valence-corrected chi connectivity index (χ3v) is 10.6. The average molecular weight is 641 g/mol. The summed E-state index contributed by atoms with van der Waals surface area (Å²) in [5.41, 5.74) is 7.70. The molecule has 0 N–H and O–H groups in total. The second-order valence-corrected chi connectivity index (χ2v) is 13.4. The van der Waals surface area contributed by atoms with Gasteiger partial charge in [-0.3, -0.25) is 9.80 Å². The van der Waals surface area contributed by atoms with Crippen LogP contribution in [0.3, 0.4) is 0 Å². The molecule has 6 aromatic rings. The van der Waals surface area contributed by atoms with E-state index in [1.807, 2.05) is 0 Å². The molecule has 8 rings (SSSR count). The highest BCUT2D eigenvalue weighted by molar-refractivity contribution is 5.51. The van der Waals surface area contributed by atoms with Gasteiger partial charge in [-0.25, -0.2) is 0 Å². The lowest BCUT2D eigenvalue weighted by molar-refractivity contribution is 0.128. The van der Waals surface area contributed by atoms with Gasteiger partial charge in [-0.1, -0.05) is 188 Å². The molecule has 0 bridgehead atoms. The van der Waals surface area contributed by atoms with Gasteiger partial charge < -0.3 is 0 Å². The molecule has 2 heterocycles. The van der Waals surface area contributed by atoms with Crippen LogP contribution in [0.5, 0.6) is 0 Å². The number of likely N-dealkylation sites (tertiary alicyclic amines) is 2. The van der Waals surface area contributed by atoms with Gasteiger partial charge in [0.2, 0.25) is 0 Å². The van der Waals surface area contributed by atoms with E-state index in [1.165, 1.54) is 65.5 Å². The van der Waals surface area contributed by atoms with E-state index >= 15 is 0 Å². The van der Waals surface area contributed by atoms with Crippen LogP contribution in [0.25, 0.3) is 0 Å². The van der Waals surface area contributed by atoms with Gasteiger partial charge in [0.25, 0.3) is 0 Å². The SMILES string of the molecule is c1ccc(C(c2ccccc2)(c2ccccc2)N2CCCC2)cc1.c1ccc(C(c2ccccc2)(c2ccccc2)N2CCCCC2)cc1. The lowest BCUT2D eigenvalue weighted by Gasteiger charge is -2.47. The third kappa shape index (κ3) is 6.52. The van der Waals surface area contributed by atoms with E-state index in [0.717, 1.165) is 26.2 Å². The molecular formula is C47H48N2. The maximum Gasteiger partial charge on any atom is 0.0972 e. The molecule has 49 heavy (non-hydrogen) atoms. The monoisotopic (exact) mass is 640 g/mol. The van der Waals surface area contributed by atoms with Crippen LogP contribution in [0.4, 0.5) is 0 Å². The molecule has 0 spiro atoms. The zero-order chi connectivity index (χ0) is 33.2. The number of hydrogen-bond acceptors (Lipinski definition) is 2. The van der Waals surface area contributed by atoms with Crippen molar-refractivity contribution in [2.75, 3.05) is 26.2 Å². The van der Waals surface area contributed by atoms with Crippen LogP contribution in [0.1, 0.15) is 65.5 Å². The van der Waals surface area contributed by atoms with E-state index in [-0.39, 0.29) is 11.1 Å². The molecule has 0 unspecified atom stereocenters. The van der Waals surface area contributed by atoms with E-state index in [0.29, 0.717) is 0 Å². The molecule has 2 nitrogen and oxygen atoms in total. The molecule has 6 aromatic carbocycles. The quantitative estimate of drug-likeness (QED) is 0.153. The second-order valence-electron chi connectivity index (χ2n) is 13.4. The Labute approximate surface area is 293 Å². The van der Waals surface area contributed by atoms with Crippen molar-refractivity contribution in [1.29, 1.82) is 0 Å². The normalized spacial score (nSPS) is 15.7. The molecule has 2 saturated heterocycles. The minimum Gasteiger partial charge on any atom is -0.286 e. The Kier molecular flexibility index (Phi) is 10.5. The third-order valence-electron chi connectivity index (χ3n) is 10.6. The van der Waals surface area contributed by atoms with Gasteiger partial charge in [-0.05, 0) is 85.2 Å². The van der Waals surface area contributed by atoms with Crippen molar-refractivity contribution in [2.24, 2.45) is 0 Å². The van der Waals surface area contributed by atoms with Crippen molar-refractivity contribution in [3.63, 3.8) is 0 Å². The first-order valence-electron chi connectivity index (χ1n) is 18.2. The number of rotatable bonds is 8. The summed E-state index contributed by atoms with van der Waals surface area (Å²) in [4.78, 5) is 5.35. The number of nitrogens with zero attached hydrogens (tertiary/aromatic N) is 2. The Morgan fingerprint density at radius 3 is 0.633 bits per heavy atom. The van der Waals surface area contributed by atoms with Crippen molar-refractivity contribution in [1.82, 2.24) is 9.80 Å². The highest BCUT2D eigenvalue weighted by Crippen LogP contribution is 2.45. The van der Waals surface area contributed by atoms with E-state index < -0.39 is 0 Å². The maximum absolute atomic E-state index is 2.69. The molecular weight excluding hydrogens is 593 g/mol. The van der Waals surface area contributed by atoms with Crippen LogP contribution in [0, 0.1) is 0 Å².